The summed E-state index contributed by atoms with van der Waals surface area (Å²) in [5.74, 6) is 0.183. The van der Waals surface area contributed by atoms with Gasteiger partial charge in [-0.2, -0.15) is 0 Å². The Kier molecular flexibility index (Phi) is 5.68. The maximum absolute atomic E-state index is 12.4. The third kappa shape index (κ3) is 4.62. The summed E-state index contributed by atoms with van der Waals surface area (Å²) in [4.78, 5) is 24.7. The molecule has 2 N–H and O–H groups in total. The van der Waals surface area contributed by atoms with Crippen molar-refractivity contribution in [2.45, 2.75) is 13.5 Å². The number of methoxy groups -OCH3 is 1. The molecule has 0 aliphatic heterocycles. The number of amides is 2. The minimum atomic E-state index is -0.369. The number of benzene rings is 2. The van der Waals surface area contributed by atoms with E-state index in [1.165, 1.54) is 0 Å². The quantitative estimate of drug-likeness (QED) is 0.686. The van der Waals surface area contributed by atoms with Gasteiger partial charge in [-0.25, -0.2) is 0 Å². The van der Waals surface area contributed by atoms with E-state index in [-0.39, 0.29) is 17.6 Å². The Morgan fingerprint density at radius 1 is 0.963 bits per heavy atom. The van der Waals surface area contributed by atoms with Gasteiger partial charge < -0.3 is 19.8 Å². The summed E-state index contributed by atoms with van der Waals surface area (Å²) in [6, 6.07) is 17.6. The SMILES string of the molecule is COCc1ccc(C(=O)Nc2cc(NC(=O)c3ccccc3)ccc2C)o1. The highest BCUT2D eigenvalue weighted by Gasteiger charge is 2.14. The maximum atomic E-state index is 12.4. The lowest BCUT2D eigenvalue weighted by atomic mass is 10.1. The van der Waals surface area contributed by atoms with Gasteiger partial charge in [-0.15, -0.1) is 0 Å². The molecule has 0 aliphatic carbocycles. The summed E-state index contributed by atoms with van der Waals surface area (Å²) in [5.41, 5.74) is 2.61. The van der Waals surface area contributed by atoms with Gasteiger partial charge in [0.15, 0.2) is 5.76 Å². The predicted octanol–water partition coefficient (Wildman–Crippen LogP) is 4.24. The highest BCUT2D eigenvalue weighted by atomic mass is 16.5. The Hall–Kier alpha value is -3.38. The van der Waals surface area contributed by atoms with Crippen molar-refractivity contribution in [2.24, 2.45) is 0 Å². The molecular formula is C21H20N2O4. The van der Waals surface area contributed by atoms with Crippen LogP contribution in [0.3, 0.4) is 0 Å². The van der Waals surface area contributed by atoms with Crippen molar-refractivity contribution in [1.29, 1.82) is 0 Å². The first kappa shape index (κ1) is 18.4. The monoisotopic (exact) mass is 364 g/mol. The first-order valence-corrected chi connectivity index (χ1v) is 8.43. The summed E-state index contributed by atoms with van der Waals surface area (Å²) >= 11 is 0. The van der Waals surface area contributed by atoms with Gasteiger partial charge in [-0.05, 0) is 48.9 Å². The minimum Gasteiger partial charge on any atom is -0.453 e. The molecule has 0 unspecified atom stereocenters. The van der Waals surface area contributed by atoms with Crippen LogP contribution < -0.4 is 10.6 Å². The third-order valence-electron chi connectivity index (χ3n) is 3.95. The van der Waals surface area contributed by atoms with Gasteiger partial charge in [0.1, 0.15) is 12.4 Å². The molecule has 0 bridgehead atoms. The molecule has 6 nitrogen and oxygen atoms in total. The first-order chi connectivity index (χ1) is 13.1. The molecule has 0 radical (unpaired) electrons. The van der Waals surface area contributed by atoms with Crippen LogP contribution in [0.5, 0.6) is 0 Å². The molecule has 6 heteroatoms. The van der Waals surface area contributed by atoms with Crippen LogP contribution in [0.1, 0.15) is 32.2 Å². The molecule has 2 amide bonds. The molecule has 2 aromatic carbocycles. The van der Waals surface area contributed by atoms with E-state index in [0.717, 1.165) is 5.56 Å². The molecule has 1 aromatic heterocycles. The number of anilines is 2. The zero-order chi connectivity index (χ0) is 19.2. The normalized spacial score (nSPS) is 10.4. The molecule has 0 saturated carbocycles. The molecule has 0 saturated heterocycles. The molecule has 3 aromatic rings. The Labute approximate surface area is 157 Å². The summed E-state index contributed by atoms with van der Waals surface area (Å²) in [6.07, 6.45) is 0. The average Bonchev–Trinajstić information content (AvgIpc) is 3.14. The number of furan rings is 1. The van der Waals surface area contributed by atoms with Crippen molar-refractivity contribution in [3.63, 3.8) is 0 Å². The van der Waals surface area contributed by atoms with Crippen LogP contribution in [0.25, 0.3) is 0 Å². The van der Waals surface area contributed by atoms with Crippen LogP contribution in [0.2, 0.25) is 0 Å². The first-order valence-electron chi connectivity index (χ1n) is 8.43. The standard InChI is InChI=1S/C21H20N2O4/c1-14-8-9-16(22-20(24)15-6-4-3-5-7-15)12-18(14)23-21(25)19-11-10-17(27-19)13-26-2/h3-12H,13H2,1-2H3,(H,22,24)(H,23,25). The zero-order valence-electron chi connectivity index (χ0n) is 15.1. The van der Waals surface area contributed by atoms with Gasteiger partial charge >= 0.3 is 0 Å². The van der Waals surface area contributed by atoms with E-state index in [9.17, 15) is 9.59 Å². The topological polar surface area (TPSA) is 80.6 Å². The predicted molar refractivity (Wildman–Crippen MR) is 103 cm³/mol. The van der Waals surface area contributed by atoms with Gasteiger partial charge in [0.2, 0.25) is 0 Å². The average molecular weight is 364 g/mol. The van der Waals surface area contributed by atoms with Crippen molar-refractivity contribution >= 4 is 23.2 Å². The highest BCUT2D eigenvalue weighted by Crippen LogP contribution is 2.22. The number of nitrogens with one attached hydrogen (secondary N) is 2. The van der Waals surface area contributed by atoms with Crippen LogP contribution in [0.15, 0.2) is 65.1 Å². The van der Waals surface area contributed by atoms with Gasteiger partial charge in [-0.1, -0.05) is 24.3 Å². The minimum absolute atomic E-state index is 0.195. The van der Waals surface area contributed by atoms with Gasteiger partial charge in [-0.3, -0.25) is 9.59 Å². The van der Waals surface area contributed by atoms with Crippen LogP contribution in [0, 0.1) is 6.92 Å². The summed E-state index contributed by atoms with van der Waals surface area (Å²) in [6.45, 7) is 2.17. The highest BCUT2D eigenvalue weighted by molar-refractivity contribution is 6.06. The van der Waals surface area contributed by atoms with Crippen molar-refractivity contribution in [2.75, 3.05) is 17.7 Å². The Morgan fingerprint density at radius 2 is 1.74 bits per heavy atom. The number of rotatable bonds is 6. The number of carbonyl (C=O) groups is 2. The van der Waals surface area contributed by atoms with Gasteiger partial charge in [0, 0.05) is 24.0 Å². The third-order valence-corrected chi connectivity index (χ3v) is 3.95. The Balaban J connectivity index is 1.73. The number of ether oxygens (including phenoxy) is 1. The molecule has 0 atom stereocenters. The van der Waals surface area contributed by atoms with Crippen LogP contribution in [0.4, 0.5) is 11.4 Å². The van der Waals surface area contributed by atoms with Crippen LogP contribution >= 0.6 is 0 Å². The zero-order valence-corrected chi connectivity index (χ0v) is 15.1. The van der Waals surface area contributed by atoms with Gasteiger partial charge in [0.25, 0.3) is 11.8 Å². The van der Waals surface area contributed by atoms with E-state index < -0.39 is 0 Å². The van der Waals surface area contributed by atoms with E-state index in [2.05, 4.69) is 10.6 Å². The number of aryl methyl sites for hydroxylation is 1. The fourth-order valence-corrected chi connectivity index (χ4v) is 2.53. The second-order valence-electron chi connectivity index (χ2n) is 6.00. The second-order valence-corrected chi connectivity index (χ2v) is 6.00. The lowest BCUT2D eigenvalue weighted by Crippen LogP contribution is -2.14. The lowest BCUT2D eigenvalue weighted by molar-refractivity contribution is 0.0986. The van der Waals surface area contributed by atoms with Crippen molar-refractivity contribution in [3.8, 4) is 0 Å². The number of hydrogen-bond donors (Lipinski definition) is 2. The van der Waals surface area contributed by atoms with E-state index in [1.807, 2.05) is 19.1 Å². The molecule has 0 spiro atoms. The largest absolute Gasteiger partial charge is 0.453 e. The molecule has 1 heterocycles. The second kappa shape index (κ2) is 8.33. The molecular weight excluding hydrogens is 344 g/mol. The molecule has 27 heavy (non-hydrogen) atoms. The fourth-order valence-electron chi connectivity index (χ4n) is 2.53. The van der Waals surface area contributed by atoms with Gasteiger partial charge in [0.05, 0.1) is 0 Å². The molecule has 138 valence electrons. The number of carbonyl (C=O) groups excluding carboxylic acids is 2. The molecule has 3 rings (SSSR count). The van der Waals surface area contributed by atoms with Crippen molar-refractivity contribution < 1.29 is 18.7 Å². The van der Waals surface area contributed by atoms with Crippen LogP contribution in [-0.4, -0.2) is 18.9 Å². The molecule has 0 aliphatic rings. The fraction of sp³-hybridized carbons (Fsp3) is 0.143. The summed E-state index contributed by atoms with van der Waals surface area (Å²) < 4.78 is 10.4. The van der Waals surface area contributed by atoms with Crippen LogP contribution in [-0.2, 0) is 11.3 Å². The lowest BCUT2D eigenvalue weighted by Gasteiger charge is -2.11. The molecule has 0 fully saturated rings. The van der Waals surface area contributed by atoms with Crippen molar-refractivity contribution in [3.05, 3.63) is 83.3 Å². The number of hydrogen-bond acceptors (Lipinski definition) is 4. The summed E-state index contributed by atoms with van der Waals surface area (Å²) in [5, 5.41) is 5.64. The van der Waals surface area contributed by atoms with E-state index >= 15 is 0 Å². The van der Waals surface area contributed by atoms with E-state index in [4.69, 9.17) is 9.15 Å². The van der Waals surface area contributed by atoms with Crippen molar-refractivity contribution in [1.82, 2.24) is 0 Å². The van der Waals surface area contributed by atoms with E-state index in [1.54, 1.807) is 55.6 Å². The maximum Gasteiger partial charge on any atom is 0.291 e. The Bertz CT molecular complexity index is 948. The summed E-state index contributed by atoms with van der Waals surface area (Å²) in [7, 11) is 1.56. The van der Waals surface area contributed by atoms with E-state index in [0.29, 0.717) is 29.3 Å². The Morgan fingerprint density at radius 3 is 2.48 bits per heavy atom. The smallest absolute Gasteiger partial charge is 0.291 e.